The van der Waals surface area contributed by atoms with Crippen molar-refractivity contribution in [3.8, 4) is 0 Å². The van der Waals surface area contributed by atoms with Crippen molar-refractivity contribution in [2.45, 2.75) is 54.3 Å². The number of rotatable bonds is 14. The van der Waals surface area contributed by atoms with E-state index in [9.17, 15) is 0 Å². The zero-order chi connectivity index (χ0) is 18.0. The third-order valence-corrected chi connectivity index (χ3v) is 12.8. The summed E-state index contributed by atoms with van der Waals surface area (Å²) < 4.78 is 41.2. The average molecular weight is 387 g/mol. The molecule has 10 heteroatoms. The summed E-state index contributed by atoms with van der Waals surface area (Å²) in [6.07, 6.45) is 0. The Morgan fingerprint density at radius 1 is 0.435 bits per heavy atom. The highest BCUT2D eigenvalue weighted by atomic mass is 28.5. The predicted molar refractivity (Wildman–Crippen MR) is 95.2 cm³/mol. The number of hydrogen-bond donors (Lipinski definition) is 0. The molecule has 0 spiro atoms. The first kappa shape index (κ1) is 23.4. The molecule has 0 N–H and O–H groups in total. The van der Waals surface area contributed by atoms with E-state index in [-0.39, 0.29) is 0 Å². The van der Waals surface area contributed by atoms with Gasteiger partial charge in [0, 0.05) is 52.7 Å². The van der Waals surface area contributed by atoms with E-state index in [2.05, 4.69) is 0 Å². The molecule has 0 aliphatic rings. The van der Waals surface area contributed by atoms with Crippen LogP contribution in [0.3, 0.4) is 0 Å². The summed E-state index contributed by atoms with van der Waals surface area (Å²) in [6, 6.07) is 0. The fourth-order valence-electron chi connectivity index (χ4n) is 2.27. The second-order valence-electron chi connectivity index (χ2n) is 4.96. The maximum Gasteiger partial charge on any atom is 0.490 e. The molecule has 0 atom stereocenters. The smallest absolute Gasteiger partial charge is 0.375 e. The predicted octanol–water partition coefficient (Wildman–Crippen LogP) is 2.91. The van der Waals surface area contributed by atoms with Gasteiger partial charge in [-0.2, -0.15) is 0 Å². The van der Waals surface area contributed by atoms with Gasteiger partial charge in [-0.05, 0) is 34.6 Å². The molecule has 0 saturated carbocycles. The van der Waals surface area contributed by atoms with Gasteiger partial charge >= 0.3 is 26.4 Å². The zero-order valence-electron chi connectivity index (χ0n) is 15.9. The molecule has 0 rings (SSSR count). The molecular weight excluding hydrogens is 352 g/mol. The van der Waals surface area contributed by atoms with Crippen LogP contribution in [0.25, 0.3) is 0 Å². The molecule has 0 heterocycles. The molecule has 0 bridgehead atoms. The van der Waals surface area contributed by atoms with E-state index in [1.807, 2.05) is 54.3 Å². The Labute approximate surface area is 144 Å². The summed E-state index contributed by atoms with van der Waals surface area (Å²) in [5, 5.41) is 0. The lowest BCUT2D eigenvalue weighted by Crippen LogP contribution is -2.61. The van der Waals surface area contributed by atoms with Crippen molar-refractivity contribution in [2.75, 3.05) is 33.0 Å². The summed E-state index contributed by atoms with van der Waals surface area (Å²) in [5.74, 6) is 0. The Kier molecular flexibility index (Phi) is 11.3. The fraction of sp³-hybridized carbons (Fsp3) is 1.00. The second-order valence-corrected chi connectivity index (χ2v) is 13.2. The van der Waals surface area contributed by atoms with Crippen molar-refractivity contribution in [1.29, 1.82) is 0 Å². The molecule has 0 aliphatic carbocycles. The van der Waals surface area contributed by atoms with Gasteiger partial charge in [-0.1, -0.05) is 0 Å². The van der Waals surface area contributed by atoms with Gasteiger partial charge in [0.05, 0.1) is 0 Å². The Hall–Kier alpha value is 0.371. The normalized spacial score (nSPS) is 13.6. The van der Waals surface area contributed by atoms with E-state index in [1.54, 1.807) is 0 Å². The monoisotopic (exact) mass is 386 g/mol. The standard InChI is InChI=1S/C13H34O7Si3/c1-9-14-21(6,15-10-2)19-23(8,18-13-5)20-22(7,16-11-3)17-12-4/h9-13H2,1-8H3. The fourth-order valence-corrected chi connectivity index (χ4v) is 12.4. The van der Waals surface area contributed by atoms with E-state index in [0.29, 0.717) is 33.0 Å². The summed E-state index contributed by atoms with van der Waals surface area (Å²) in [7, 11) is -8.74. The number of hydrogen-bond acceptors (Lipinski definition) is 7. The first-order valence-corrected chi connectivity index (χ1v) is 15.0. The average Bonchev–Trinajstić information content (AvgIpc) is 2.38. The molecule has 0 saturated heterocycles. The van der Waals surface area contributed by atoms with Crippen LogP contribution >= 0.6 is 0 Å². The van der Waals surface area contributed by atoms with E-state index in [4.69, 9.17) is 30.4 Å². The van der Waals surface area contributed by atoms with Crippen LogP contribution < -0.4 is 0 Å². The van der Waals surface area contributed by atoms with Crippen molar-refractivity contribution in [3.63, 3.8) is 0 Å². The van der Waals surface area contributed by atoms with Crippen molar-refractivity contribution in [3.05, 3.63) is 0 Å². The second kappa shape index (κ2) is 11.1. The quantitative estimate of drug-likeness (QED) is 0.425. The lowest BCUT2D eigenvalue weighted by atomic mass is 10.9. The van der Waals surface area contributed by atoms with Crippen LogP contribution in [-0.2, 0) is 30.4 Å². The maximum absolute atomic E-state index is 6.20. The highest BCUT2D eigenvalue weighted by Gasteiger charge is 2.53. The molecule has 0 aromatic heterocycles. The van der Waals surface area contributed by atoms with Gasteiger partial charge in [-0.15, -0.1) is 0 Å². The van der Waals surface area contributed by atoms with Gasteiger partial charge in [-0.25, -0.2) is 0 Å². The highest BCUT2D eigenvalue weighted by molar-refractivity contribution is 6.79. The molecule has 0 aromatic rings. The van der Waals surface area contributed by atoms with Crippen molar-refractivity contribution in [1.82, 2.24) is 0 Å². The molecule has 0 fully saturated rings. The Morgan fingerprint density at radius 2 is 0.652 bits per heavy atom. The maximum atomic E-state index is 6.20. The van der Waals surface area contributed by atoms with Crippen LogP contribution in [0.15, 0.2) is 0 Å². The molecule has 23 heavy (non-hydrogen) atoms. The van der Waals surface area contributed by atoms with Gasteiger partial charge in [0.1, 0.15) is 0 Å². The SMILES string of the molecule is CCO[Si](C)(OCC)O[Si](C)(OCC)O[Si](C)(OCC)OCC. The third kappa shape index (κ3) is 8.86. The van der Waals surface area contributed by atoms with E-state index >= 15 is 0 Å². The van der Waals surface area contributed by atoms with E-state index in [0.717, 1.165) is 0 Å². The molecule has 0 radical (unpaired) electrons. The Bertz CT molecular complexity index is 284. The molecule has 0 aliphatic heterocycles. The molecule has 140 valence electrons. The van der Waals surface area contributed by atoms with Gasteiger partial charge in [0.15, 0.2) is 0 Å². The lowest BCUT2D eigenvalue weighted by molar-refractivity contribution is 0.0491. The summed E-state index contributed by atoms with van der Waals surface area (Å²) in [5.41, 5.74) is 0. The first-order chi connectivity index (χ1) is 10.7. The van der Waals surface area contributed by atoms with Gasteiger partial charge in [-0.3, -0.25) is 0 Å². The third-order valence-electron chi connectivity index (χ3n) is 2.77. The Balaban J connectivity index is 5.27. The van der Waals surface area contributed by atoms with Gasteiger partial charge < -0.3 is 30.4 Å². The Morgan fingerprint density at radius 3 is 0.870 bits per heavy atom. The van der Waals surface area contributed by atoms with Crippen LogP contribution in [-0.4, -0.2) is 59.4 Å². The van der Waals surface area contributed by atoms with Crippen LogP contribution in [0, 0.1) is 0 Å². The van der Waals surface area contributed by atoms with Gasteiger partial charge in [0.25, 0.3) is 0 Å². The van der Waals surface area contributed by atoms with Crippen LogP contribution in [0.1, 0.15) is 34.6 Å². The van der Waals surface area contributed by atoms with Crippen molar-refractivity contribution in [2.24, 2.45) is 0 Å². The molecule has 0 aromatic carbocycles. The molecule has 0 unspecified atom stereocenters. The summed E-state index contributed by atoms with van der Waals surface area (Å²) in [4.78, 5) is 0. The summed E-state index contributed by atoms with van der Waals surface area (Å²) in [6.45, 7) is 17.6. The first-order valence-electron chi connectivity index (χ1n) is 8.32. The minimum atomic E-state index is -3.05. The minimum Gasteiger partial charge on any atom is -0.375 e. The zero-order valence-corrected chi connectivity index (χ0v) is 18.9. The summed E-state index contributed by atoms with van der Waals surface area (Å²) >= 11 is 0. The largest absolute Gasteiger partial charge is 0.490 e. The van der Waals surface area contributed by atoms with Crippen LogP contribution in [0.5, 0.6) is 0 Å². The molecular formula is C13H34O7Si3. The topological polar surface area (TPSA) is 64.6 Å². The van der Waals surface area contributed by atoms with Crippen LogP contribution in [0.4, 0.5) is 0 Å². The van der Waals surface area contributed by atoms with E-state index < -0.39 is 26.4 Å². The molecule has 7 nitrogen and oxygen atoms in total. The van der Waals surface area contributed by atoms with E-state index in [1.165, 1.54) is 0 Å². The minimum absolute atomic E-state index is 0.466. The van der Waals surface area contributed by atoms with Crippen LogP contribution in [0.2, 0.25) is 19.6 Å². The van der Waals surface area contributed by atoms with Crippen molar-refractivity contribution >= 4 is 26.4 Å². The van der Waals surface area contributed by atoms with Gasteiger partial charge in [0.2, 0.25) is 0 Å². The van der Waals surface area contributed by atoms with Crippen molar-refractivity contribution < 1.29 is 30.4 Å². The highest BCUT2D eigenvalue weighted by Crippen LogP contribution is 2.24. The molecule has 0 amide bonds. The lowest BCUT2D eigenvalue weighted by Gasteiger charge is -2.38.